The van der Waals surface area contributed by atoms with Crippen molar-refractivity contribution in [1.82, 2.24) is 10.3 Å². The molecular weight excluding hydrogens is 260 g/mol. The number of hydrogen-bond donors (Lipinski definition) is 1. The first kappa shape index (κ1) is 14.1. The number of nitrogens with one attached hydrogen (secondary N) is 1. The number of aryl methyl sites for hydroxylation is 1. The average molecular weight is 282 g/mol. The van der Waals surface area contributed by atoms with Crippen molar-refractivity contribution in [3.63, 3.8) is 0 Å². The second-order valence-corrected chi connectivity index (χ2v) is 5.55. The Hall–Kier alpha value is -1.87. The van der Waals surface area contributed by atoms with Gasteiger partial charge in [0.2, 0.25) is 5.88 Å². The molecule has 0 aliphatic heterocycles. The maximum Gasteiger partial charge on any atom is 0.213 e. The van der Waals surface area contributed by atoms with E-state index in [0.29, 0.717) is 11.9 Å². The van der Waals surface area contributed by atoms with E-state index in [-0.39, 0.29) is 0 Å². The molecule has 0 saturated heterocycles. The zero-order valence-corrected chi connectivity index (χ0v) is 12.7. The van der Waals surface area contributed by atoms with Crippen molar-refractivity contribution in [3.8, 4) is 17.0 Å². The Bertz CT molecular complexity index is 624. The lowest BCUT2D eigenvalue weighted by Gasteiger charge is -2.14. The number of methoxy groups -OCH3 is 1. The molecule has 1 aliphatic carbocycles. The fourth-order valence-electron chi connectivity index (χ4n) is 3.03. The highest BCUT2D eigenvalue weighted by Crippen LogP contribution is 2.34. The van der Waals surface area contributed by atoms with Gasteiger partial charge in [0.05, 0.1) is 7.11 Å². The fourth-order valence-corrected chi connectivity index (χ4v) is 3.03. The molecule has 1 aromatic heterocycles. The molecule has 1 N–H and O–H groups in total. The summed E-state index contributed by atoms with van der Waals surface area (Å²) in [4.78, 5) is 4.17. The number of hydrogen-bond acceptors (Lipinski definition) is 3. The zero-order valence-electron chi connectivity index (χ0n) is 12.7. The van der Waals surface area contributed by atoms with Gasteiger partial charge in [-0.05, 0) is 54.1 Å². The Balaban J connectivity index is 1.86. The Kier molecular flexibility index (Phi) is 4.20. The lowest BCUT2D eigenvalue weighted by atomic mass is 10.0. The van der Waals surface area contributed by atoms with Crippen LogP contribution in [0.4, 0.5) is 0 Å². The molecule has 0 radical (unpaired) electrons. The van der Waals surface area contributed by atoms with E-state index < -0.39 is 0 Å². The lowest BCUT2D eigenvalue weighted by Crippen LogP contribution is -2.19. The van der Waals surface area contributed by atoms with Crippen LogP contribution in [-0.2, 0) is 6.42 Å². The van der Waals surface area contributed by atoms with E-state index in [1.54, 1.807) is 13.3 Å². The molecule has 1 aromatic carbocycles. The summed E-state index contributed by atoms with van der Waals surface area (Å²) in [7, 11) is 1.65. The third kappa shape index (κ3) is 2.93. The van der Waals surface area contributed by atoms with Crippen LogP contribution in [0.3, 0.4) is 0 Å². The van der Waals surface area contributed by atoms with Gasteiger partial charge >= 0.3 is 0 Å². The van der Waals surface area contributed by atoms with Crippen LogP contribution in [0.5, 0.6) is 5.88 Å². The minimum atomic E-state index is 0.529. The summed E-state index contributed by atoms with van der Waals surface area (Å²) < 4.78 is 5.21. The summed E-state index contributed by atoms with van der Waals surface area (Å²) in [5, 5.41) is 3.63. The third-order valence-electron chi connectivity index (χ3n) is 4.14. The van der Waals surface area contributed by atoms with Gasteiger partial charge in [-0.3, -0.25) is 0 Å². The Labute approximate surface area is 126 Å². The van der Waals surface area contributed by atoms with Crippen LogP contribution in [0.25, 0.3) is 11.1 Å². The van der Waals surface area contributed by atoms with Crippen LogP contribution < -0.4 is 10.1 Å². The quantitative estimate of drug-likeness (QED) is 0.907. The summed E-state index contributed by atoms with van der Waals surface area (Å²) in [5.74, 6) is 0.662. The molecule has 0 fully saturated rings. The summed E-state index contributed by atoms with van der Waals surface area (Å²) in [6.07, 6.45) is 5.35. The van der Waals surface area contributed by atoms with Gasteiger partial charge in [0.25, 0.3) is 0 Å². The average Bonchev–Trinajstić information content (AvgIpc) is 2.95. The van der Waals surface area contributed by atoms with Crippen molar-refractivity contribution in [1.29, 1.82) is 0 Å². The molecule has 110 valence electrons. The number of aromatic nitrogens is 1. The molecule has 3 nitrogen and oxygen atoms in total. The maximum absolute atomic E-state index is 5.21. The van der Waals surface area contributed by atoms with Crippen LogP contribution >= 0.6 is 0 Å². The first-order valence-electron chi connectivity index (χ1n) is 7.68. The minimum Gasteiger partial charge on any atom is -0.481 e. The monoisotopic (exact) mass is 282 g/mol. The van der Waals surface area contributed by atoms with Gasteiger partial charge in [-0.1, -0.05) is 25.1 Å². The zero-order chi connectivity index (χ0) is 14.7. The van der Waals surface area contributed by atoms with Crippen LogP contribution in [0, 0.1) is 0 Å². The highest BCUT2D eigenvalue weighted by atomic mass is 16.5. The lowest BCUT2D eigenvalue weighted by molar-refractivity contribution is 0.398. The molecule has 0 bridgehead atoms. The molecule has 0 saturated carbocycles. The fraction of sp³-hybridized carbons (Fsp3) is 0.389. The molecule has 0 amide bonds. The molecule has 21 heavy (non-hydrogen) atoms. The van der Waals surface area contributed by atoms with Crippen molar-refractivity contribution in [2.45, 2.75) is 32.2 Å². The van der Waals surface area contributed by atoms with E-state index in [0.717, 1.165) is 18.5 Å². The number of pyridine rings is 1. The number of nitrogens with zero attached hydrogens (tertiary/aromatic N) is 1. The van der Waals surface area contributed by atoms with Crippen LogP contribution in [0.1, 0.15) is 36.9 Å². The molecule has 1 aliphatic rings. The smallest absolute Gasteiger partial charge is 0.213 e. The number of benzene rings is 1. The topological polar surface area (TPSA) is 34.2 Å². The van der Waals surface area contributed by atoms with Crippen molar-refractivity contribution < 1.29 is 4.74 Å². The molecule has 0 spiro atoms. The molecular formula is C18H22N2O. The van der Waals surface area contributed by atoms with E-state index in [1.807, 2.05) is 12.1 Å². The summed E-state index contributed by atoms with van der Waals surface area (Å²) in [5.41, 5.74) is 5.34. The Morgan fingerprint density at radius 3 is 2.90 bits per heavy atom. The third-order valence-corrected chi connectivity index (χ3v) is 4.14. The van der Waals surface area contributed by atoms with Crippen LogP contribution in [0.15, 0.2) is 36.5 Å². The Morgan fingerprint density at radius 1 is 1.24 bits per heavy atom. The van der Waals surface area contributed by atoms with E-state index in [4.69, 9.17) is 4.74 Å². The number of fused-ring (bicyclic) bond motifs is 1. The molecule has 3 rings (SSSR count). The molecule has 1 heterocycles. The summed E-state index contributed by atoms with van der Waals surface area (Å²) in [6, 6.07) is 11.4. The van der Waals surface area contributed by atoms with E-state index in [9.17, 15) is 0 Å². The highest BCUT2D eigenvalue weighted by molar-refractivity contribution is 5.66. The van der Waals surface area contributed by atoms with Gasteiger partial charge in [-0.15, -0.1) is 0 Å². The normalized spacial score (nSPS) is 16.8. The molecule has 2 aromatic rings. The van der Waals surface area contributed by atoms with E-state index in [1.165, 1.54) is 29.5 Å². The number of rotatable bonds is 5. The first-order chi connectivity index (χ1) is 10.3. The standard InChI is InChI=1S/C18H22N2O/c1-3-9-19-17-7-5-15-11-13(4-6-16(15)17)14-8-10-20-18(12-14)21-2/h4,6,8,10-12,17,19H,3,5,7,9H2,1-2H3. The van der Waals surface area contributed by atoms with Crippen LogP contribution in [-0.4, -0.2) is 18.6 Å². The number of ether oxygens (including phenoxy) is 1. The van der Waals surface area contributed by atoms with Gasteiger partial charge in [0.15, 0.2) is 0 Å². The van der Waals surface area contributed by atoms with E-state index >= 15 is 0 Å². The Morgan fingerprint density at radius 2 is 2.10 bits per heavy atom. The van der Waals surface area contributed by atoms with Crippen molar-refractivity contribution in [2.75, 3.05) is 13.7 Å². The van der Waals surface area contributed by atoms with Crippen molar-refractivity contribution in [2.24, 2.45) is 0 Å². The van der Waals surface area contributed by atoms with Crippen LogP contribution in [0.2, 0.25) is 0 Å². The van der Waals surface area contributed by atoms with Gasteiger partial charge in [0, 0.05) is 18.3 Å². The van der Waals surface area contributed by atoms with Gasteiger partial charge in [-0.2, -0.15) is 0 Å². The van der Waals surface area contributed by atoms with Gasteiger partial charge in [0.1, 0.15) is 0 Å². The molecule has 3 heteroatoms. The second kappa shape index (κ2) is 6.27. The van der Waals surface area contributed by atoms with E-state index in [2.05, 4.69) is 35.4 Å². The maximum atomic E-state index is 5.21. The van der Waals surface area contributed by atoms with Gasteiger partial charge in [-0.25, -0.2) is 4.98 Å². The second-order valence-electron chi connectivity index (χ2n) is 5.55. The predicted molar refractivity (Wildman–Crippen MR) is 85.6 cm³/mol. The minimum absolute atomic E-state index is 0.529. The molecule has 1 unspecified atom stereocenters. The van der Waals surface area contributed by atoms with Gasteiger partial charge < -0.3 is 10.1 Å². The highest BCUT2D eigenvalue weighted by Gasteiger charge is 2.21. The molecule has 1 atom stereocenters. The summed E-state index contributed by atoms with van der Waals surface area (Å²) in [6.45, 7) is 3.30. The van der Waals surface area contributed by atoms with Crippen molar-refractivity contribution >= 4 is 0 Å². The predicted octanol–water partition coefficient (Wildman–Crippen LogP) is 3.74. The summed E-state index contributed by atoms with van der Waals surface area (Å²) >= 11 is 0. The first-order valence-corrected chi connectivity index (χ1v) is 7.68. The largest absolute Gasteiger partial charge is 0.481 e. The SMILES string of the molecule is CCCNC1CCc2cc(-c3ccnc(OC)c3)ccc21. The van der Waals surface area contributed by atoms with Crippen molar-refractivity contribution in [3.05, 3.63) is 47.7 Å².